The minimum absolute atomic E-state index is 0.0620. The lowest BCUT2D eigenvalue weighted by atomic mass is 10.1. The predicted molar refractivity (Wildman–Crippen MR) is 98.5 cm³/mol. The molecule has 1 aromatic heterocycles. The number of benzene rings is 1. The number of amides is 1. The van der Waals surface area contributed by atoms with Gasteiger partial charge in [0.1, 0.15) is 16.3 Å². The van der Waals surface area contributed by atoms with Crippen LogP contribution in [0.5, 0.6) is 5.75 Å². The molecule has 0 spiro atoms. The van der Waals surface area contributed by atoms with Crippen molar-refractivity contribution >= 4 is 27.6 Å². The third-order valence-electron chi connectivity index (χ3n) is 3.87. The standard InChI is InChI=1S/C17H21N3O6S/c1-5-26-17(22)14-9(2)15(19-10(14)3)16(21)20-11-6-7-12(25-4)13(8-11)27(18,23)24/h6-8,19H,5H2,1-4H3,(H,20,21)(H2,18,23,24). The number of nitrogens with two attached hydrogens (primary N) is 1. The van der Waals surface area contributed by atoms with Gasteiger partial charge in [-0.15, -0.1) is 0 Å². The Morgan fingerprint density at radius 3 is 2.48 bits per heavy atom. The van der Waals surface area contributed by atoms with Crippen molar-refractivity contribution in [3.05, 3.63) is 40.7 Å². The molecule has 0 atom stereocenters. The molecule has 1 amide bonds. The highest BCUT2D eigenvalue weighted by atomic mass is 32.2. The molecule has 4 N–H and O–H groups in total. The number of hydrogen-bond donors (Lipinski definition) is 3. The number of aromatic amines is 1. The smallest absolute Gasteiger partial charge is 0.340 e. The van der Waals surface area contributed by atoms with Gasteiger partial charge in [-0.3, -0.25) is 4.79 Å². The Bertz CT molecular complexity index is 994. The van der Waals surface area contributed by atoms with Crippen LogP contribution in [0.1, 0.15) is 39.0 Å². The summed E-state index contributed by atoms with van der Waals surface area (Å²) >= 11 is 0. The number of anilines is 1. The zero-order valence-electron chi connectivity index (χ0n) is 15.4. The minimum atomic E-state index is -4.04. The molecule has 0 radical (unpaired) electrons. The van der Waals surface area contributed by atoms with Crippen molar-refractivity contribution in [3.8, 4) is 5.75 Å². The van der Waals surface area contributed by atoms with Gasteiger partial charge in [-0.25, -0.2) is 18.4 Å². The number of carbonyl (C=O) groups is 2. The lowest BCUT2D eigenvalue weighted by molar-refractivity contribution is 0.0525. The Morgan fingerprint density at radius 2 is 1.93 bits per heavy atom. The molecule has 0 aliphatic carbocycles. The Hall–Kier alpha value is -2.85. The number of hydrogen-bond acceptors (Lipinski definition) is 6. The Balaban J connectivity index is 2.36. The third-order valence-corrected chi connectivity index (χ3v) is 4.80. The number of carbonyl (C=O) groups excluding carboxylic acids is 2. The Kier molecular flexibility index (Phi) is 5.91. The van der Waals surface area contributed by atoms with Crippen LogP contribution in [0.3, 0.4) is 0 Å². The summed E-state index contributed by atoms with van der Waals surface area (Å²) in [6.07, 6.45) is 0. The molecule has 0 aliphatic rings. The first-order valence-corrected chi connectivity index (χ1v) is 9.53. The summed E-state index contributed by atoms with van der Waals surface area (Å²) in [7, 11) is -2.73. The fourth-order valence-electron chi connectivity index (χ4n) is 2.66. The van der Waals surface area contributed by atoms with Gasteiger partial charge >= 0.3 is 5.97 Å². The van der Waals surface area contributed by atoms with Crippen LogP contribution in [0.15, 0.2) is 23.1 Å². The number of ether oxygens (including phenoxy) is 2. The van der Waals surface area contributed by atoms with Crippen molar-refractivity contribution in [1.82, 2.24) is 4.98 Å². The highest BCUT2D eigenvalue weighted by molar-refractivity contribution is 7.89. The van der Waals surface area contributed by atoms with E-state index in [1.165, 1.54) is 25.3 Å². The maximum atomic E-state index is 12.6. The average molecular weight is 395 g/mol. The molecular formula is C17H21N3O6S. The normalized spacial score (nSPS) is 11.1. The molecule has 27 heavy (non-hydrogen) atoms. The van der Waals surface area contributed by atoms with E-state index >= 15 is 0 Å². The molecule has 0 unspecified atom stereocenters. The molecule has 0 aliphatic heterocycles. The van der Waals surface area contributed by atoms with Crippen LogP contribution >= 0.6 is 0 Å². The third kappa shape index (κ3) is 4.29. The van der Waals surface area contributed by atoms with Crippen molar-refractivity contribution in [3.63, 3.8) is 0 Å². The van der Waals surface area contributed by atoms with Crippen molar-refractivity contribution in [2.45, 2.75) is 25.7 Å². The number of rotatable bonds is 6. The largest absolute Gasteiger partial charge is 0.495 e. The van der Waals surface area contributed by atoms with Crippen LogP contribution in [0.2, 0.25) is 0 Å². The van der Waals surface area contributed by atoms with Gasteiger partial charge in [0, 0.05) is 11.4 Å². The Labute approximate surface area is 156 Å². The number of nitrogens with one attached hydrogen (secondary N) is 2. The van der Waals surface area contributed by atoms with E-state index in [4.69, 9.17) is 14.6 Å². The van der Waals surface area contributed by atoms with Gasteiger partial charge in [-0.1, -0.05) is 0 Å². The van der Waals surface area contributed by atoms with Crippen molar-refractivity contribution in [2.24, 2.45) is 5.14 Å². The second-order valence-corrected chi connectivity index (χ2v) is 7.24. The van der Waals surface area contributed by atoms with E-state index in [0.717, 1.165) is 0 Å². The summed E-state index contributed by atoms with van der Waals surface area (Å²) < 4.78 is 33.3. The van der Waals surface area contributed by atoms with Crippen LogP contribution in [0.25, 0.3) is 0 Å². The molecule has 10 heteroatoms. The quantitative estimate of drug-likeness (QED) is 0.636. The van der Waals surface area contributed by atoms with Crippen LogP contribution in [-0.2, 0) is 14.8 Å². The van der Waals surface area contributed by atoms with Crippen LogP contribution in [0.4, 0.5) is 5.69 Å². The lowest BCUT2D eigenvalue weighted by Gasteiger charge is -2.10. The topological polar surface area (TPSA) is 141 Å². The predicted octanol–water partition coefficient (Wildman–Crippen LogP) is 1.72. The van der Waals surface area contributed by atoms with Gasteiger partial charge in [0.2, 0.25) is 10.0 Å². The molecule has 0 fully saturated rings. The monoisotopic (exact) mass is 395 g/mol. The number of sulfonamides is 1. The highest BCUT2D eigenvalue weighted by Crippen LogP contribution is 2.27. The molecule has 146 valence electrons. The van der Waals surface area contributed by atoms with E-state index in [-0.39, 0.29) is 28.6 Å². The number of aryl methyl sites for hydroxylation is 1. The number of H-pyrrole nitrogens is 1. The van der Waals surface area contributed by atoms with E-state index in [2.05, 4.69) is 10.3 Å². The van der Waals surface area contributed by atoms with Gasteiger partial charge in [0.05, 0.1) is 19.3 Å². The molecule has 0 saturated carbocycles. The number of primary sulfonamides is 1. The van der Waals surface area contributed by atoms with E-state index in [0.29, 0.717) is 16.8 Å². The number of methoxy groups -OCH3 is 1. The first-order chi connectivity index (χ1) is 12.6. The molecular weight excluding hydrogens is 374 g/mol. The summed E-state index contributed by atoms with van der Waals surface area (Å²) in [4.78, 5) is 27.2. The lowest BCUT2D eigenvalue weighted by Crippen LogP contribution is -2.16. The highest BCUT2D eigenvalue weighted by Gasteiger charge is 2.23. The zero-order chi connectivity index (χ0) is 20.4. The molecule has 1 heterocycles. The van der Waals surface area contributed by atoms with Crippen LogP contribution in [-0.4, -0.2) is 39.0 Å². The molecule has 1 aromatic carbocycles. The van der Waals surface area contributed by atoms with Gasteiger partial charge in [0.25, 0.3) is 5.91 Å². The van der Waals surface area contributed by atoms with E-state index in [9.17, 15) is 18.0 Å². The van der Waals surface area contributed by atoms with Crippen molar-refractivity contribution in [1.29, 1.82) is 0 Å². The average Bonchev–Trinajstić information content (AvgIpc) is 2.89. The fraction of sp³-hybridized carbons (Fsp3) is 0.294. The summed E-state index contributed by atoms with van der Waals surface area (Å²) in [5.74, 6) is -1.01. The molecule has 0 saturated heterocycles. The van der Waals surface area contributed by atoms with Crippen molar-refractivity contribution in [2.75, 3.05) is 19.0 Å². The van der Waals surface area contributed by atoms with E-state index in [1.54, 1.807) is 20.8 Å². The molecule has 2 aromatic rings. The second-order valence-electron chi connectivity index (χ2n) is 5.71. The first-order valence-electron chi connectivity index (χ1n) is 7.98. The molecule has 9 nitrogen and oxygen atoms in total. The number of esters is 1. The summed E-state index contributed by atoms with van der Waals surface area (Å²) in [5, 5.41) is 7.75. The zero-order valence-corrected chi connectivity index (χ0v) is 16.2. The van der Waals surface area contributed by atoms with Crippen LogP contribution < -0.4 is 15.2 Å². The van der Waals surface area contributed by atoms with Crippen LogP contribution in [0, 0.1) is 13.8 Å². The minimum Gasteiger partial charge on any atom is -0.495 e. The summed E-state index contributed by atoms with van der Waals surface area (Å²) in [6.45, 7) is 5.18. The van der Waals surface area contributed by atoms with Gasteiger partial charge in [0.15, 0.2) is 0 Å². The fourth-order valence-corrected chi connectivity index (χ4v) is 3.38. The first kappa shape index (κ1) is 20.5. The maximum Gasteiger partial charge on any atom is 0.340 e. The summed E-state index contributed by atoms with van der Waals surface area (Å²) in [5.41, 5.74) is 1.60. The molecule has 0 bridgehead atoms. The van der Waals surface area contributed by atoms with Gasteiger partial charge < -0.3 is 19.8 Å². The van der Waals surface area contributed by atoms with E-state index < -0.39 is 21.9 Å². The second kappa shape index (κ2) is 7.80. The number of aromatic nitrogens is 1. The summed E-state index contributed by atoms with van der Waals surface area (Å²) in [6, 6.07) is 4.05. The van der Waals surface area contributed by atoms with Gasteiger partial charge in [-0.05, 0) is 44.5 Å². The van der Waals surface area contributed by atoms with Crippen molar-refractivity contribution < 1.29 is 27.5 Å². The van der Waals surface area contributed by atoms with E-state index in [1.807, 2.05) is 0 Å². The maximum absolute atomic E-state index is 12.6. The van der Waals surface area contributed by atoms with Gasteiger partial charge in [-0.2, -0.15) is 0 Å². The SMILES string of the molecule is CCOC(=O)c1c(C)[nH]c(C(=O)Nc2ccc(OC)c(S(N)(=O)=O)c2)c1C. The molecule has 2 rings (SSSR count). The Morgan fingerprint density at radius 1 is 1.26 bits per heavy atom.